The predicted molar refractivity (Wildman–Crippen MR) is 56.8 cm³/mol. The summed E-state index contributed by atoms with van der Waals surface area (Å²) in [5.74, 6) is 0.346. The molecule has 0 unspecified atom stereocenters. The first kappa shape index (κ1) is 11.6. The van der Waals surface area contributed by atoms with Crippen molar-refractivity contribution in [1.82, 2.24) is 9.97 Å². The maximum Gasteiger partial charge on any atom is 0.416 e. The van der Waals surface area contributed by atoms with E-state index in [0.29, 0.717) is 5.39 Å². The van der Waals surface area contributed by atoms with Gasteiger partial charge in [0.15, 0.2) is 0 Å². The van der Waals surface area contributed by atoms with Crippen LogP contribution in [-0.4, -0.2) is 9.97 Å². The number of benzene rings is 1. The number of alkyl halides is 3. The summed E-state index contributed by atoms with van der Waals surface area (Å²) in [4.78, 5) is 7.78. The highest BCUT2D eigenvalue weighted by Gasteiger charge is 2.30. The fourth-order valence-corrected chi connectivity index (χ4v) is 1.47. The molecule has 4 nitrogen and oxygen atoms in total. The highest BCUT2D eigenvalue weighted by Crippen LogP contribution is 2.31. The average molecular weight is 242 g/mol. The molecule has 2 rings (SSSR count). The van der Waals surface area contributed by atoms with Crippen LogP contribution >= 0.6 is 0 Å². The normalized spacial score (nSPS) is 12.0. The summed E-state index contributed by atoms with van der Waals surface area (Å²) in [5.41, 5.74) is 10.3. The molecule has 1 aromatic carbocycles. The lowest BCUT2D eigenvalue weighted by molar-refractivity contribution is -0.137. The zero-order valence-corrected chi connectivity index (χ0v) is 8.62. The van der Waals surface area contributed by atoms with Gasteiger partial charge >= 0.3 is 6.18 Å². The third-order valence-corrected chi connectivity index (χ3v) is 2.28. The lowest BCUT2D eigenvalue weighted by Gasteiger charge is -2.09. The Kier molecular flexibility index (Phi) is 2.62. The van der Waals surface area contributed by atoms with Gasteiger partial charge in [0.25, 0.3) is 0 Å². The number of halogens is 3. The Morgan fingerprint density at radius 2 is 1.88 bits per heavy atom. The van der Waals surface area contributed by atoms with Gasteiger partial charge in [-0.15, -0.1) is 0 Å². The Morgan fingerprint density at radius 3 is 2.47 bits per heavy atom. The second-order valence-corrected chi connectivity index (χ2v) is 3.46. The van der Waals surface area contributed by atoms with E-state index in [0.717, 1.165) is 12.1 Å². The van der Waals surface area contributed by atoms with Crippen LogP contribution < -0.4 is 11.5 Å². The number of hydrogen-bond acceptors (Lipinski definition) is 4. The van der Waals surface area contributed by atoms with E-state index in [1.165, 1.54) is 6.07 Å². The molecular weight excluding hydrogens is 233 g/mol. The molecule has 0 atom stereocenters. The Hall–Kier alpha value is -1.89. The van der Waals surface area contributed by atoms with Gasteiger partial charge < -0.3 is 11.5 Å². The summed E-state index contributed by atoms with van der Waals surface area (Å²) in [6.45, 7) is 0.0242. The standard InChI is InChI=1S/C10H9F3N4/c11-10(12,13)5-1-2-6-7(3-5)16-8(4-14)17-9(6)15/h1-3H,4,14H2,(H2,15,16,17). The van der Waals surface area contributed by atoms with Crippen LogP contribution in [-0.2, 0) is 12.7 Å². The molecule has 1 aromatic heterocycles. The largest absolute Gasteiger partial charge is 0.416 e. The molecule has 0 radical (unpaired) electrons. The van der Waals surface area contributed by atoms with Crippen molar-refractivity contribution >= 4 is 16.7 Å². The van der Waals surface area contributed by atoms with Crippen LogP contribution in [0.2, 0.25) is 0 Å². The van der Waals surface area contributed by atoms with Crippen LogP contribution in [0.4, 0.5) is 19.0 Å². The Labute approximate surface area is 94.5 Å². The number of nitrogens with two attached hydrogens (primary N) is 2. The fourth-order valence-electron chi connectivity index (χ4n) is 1.47. The number of hydrogen-bond donors (Lipinski definition) is 2. The molecule has 0 saturated heterocycles. The third-order valence-electron chi connectivity index (χ3n) is 2.28. The van der Waals surface area contributed by atoms with Gasteiger partial charge in [0.1, 0.15) is 11.6 Å². The van der Waals surface area contributed by atoms with Crippen LogP contribution in [0.1, 0.15) is 11.4 Å². The Morgan fingerprint density at radius 1 is 1.18 bits per heavy atom. The molecule has 0 aliphatic carbocycles. The molecule has 0 aliphatic rings. The lowest BCUT2D eigenvalue weighted by atomic mass is 10.1. The Balaban J connectivity index is 2.68. The molecule has 2 aromatic rings. The van der Waals surface area contributed by atoms with Crippen molar-refractivity contribution in [3.8, 4) is 0 Å². The molecule has 0 amide bonds. The minimum absolute atomic E-state index is 0.0242. The van der Waals surface area contributed by atoms with Crippen LogP contribution in [0.15, 0.2) is 18.2 Å². The lowest BCUT2D eigenvalue weighted by Crippen LogP contribution is -2.08. The average Bonchev–Trinajstić information content (AvgIpc) is 2.27. The predicted octanol–water partition coefficient (Wildman–Crippen LogP) is 1.69. The van der Waals surface area contributed by atoms with Crippen molar-refractivity contribution in [1.29, 1.82) is 0 Å². The number of nitrogens with zero attached hydrogens (tertiary/aromatic N) is 2. The summed E-state index contributed by atoms with van der Waals surface area (Å²) < 4.78 is 37.5. The molecule has 4 N–H and O–H groups in total. The van der Waals surface area contributed by atoms with Crippen molar-refractivity contribution in [2.75, 3.05) is 5.73 Å². The molecule has 90 valence electrons. The van der Waals surface area contributed by atoms with Crippen molar-refractivity contribution in [2.24, 2.45) is 5.73 Å². The van der Waals surface area contributed by atoms with Gasteiger partial charge in [0, 0.05) is 5.39 Å². The molecule has 0 aliphatic heterocycles. The first-order chi connectivity index (χ1) is 7.91. The second kappa shape index (κ2) is 3.85. The van der Waals surface area contributed by atoms with E-state index >= 15 is 0 Å². The summed E-state index contributed by atoms with van der Waals surface area (Å²) in [6, 6.07) is 3.14. The first-order valence-corrected chi connectivity index (χ1v) is 4.75. The molecular formula is C10H9F3N4. The highest BCUT2D eigenvalue weighted by atomic mass is 19.4. The number of aromatic nitrogens is 2. The van der Waals surface area contributed by atoms with Crippen molar-refractivity contribution in [2.45, 2.75) is 12.7 Å². The second-order valence-electron chi connectivity index (χ2n) is 3.46. The van der Waals surface area contributed by atoms with Crippen LogP contribution in [0.3, 0.4) is 0 Å². The van der Waals surface area contributed by atoms with Crippen LogP contribution in [0, 0.1) is 0 Å². The van der Waals surface area contributed by atoms with E-state index in [1.807, 2.05) is 0 Å². The molecule has 17 heavy (non-hydrogen) atoms. The number of fused-ring (bicyclic) bond motifs is 1. The smallest absolute Gasteiger partial charge is 0.383 e. The number of rotatable bonds is 1. The van der Waals surface area contributed by atoms with Crippen LogP contribution in [0.5, 0.6) is 0 Å². The molecule has 0 spiro atoms. The van der Waals surface area contributed by atoms with Gasteiger partial charge in [-0.3, -0.25) is 0 Å². The van der Waals surface area contributed by atoms with Crippen molar-refractivity contribution in [3.05, 3.63) is 29.6 Å². The third kappa shape index (κ3) is 2.14. The molecule has 0 saturated carbocycles. The Bertz CT molecular complexity index is 565. The van der Waals surface area contributed by atoms with E-state index in [9.17, 15) is 13.2 Å². The summed E-state index contributed by atoms with van der Waals surface area (Å²) in [5, 5.41) is 0.384. The topological polar surface area (TPSA) is 77.8 Å². The minimum atomic E-state index is -4.41. The van der Waals surface area contributed by atoms with E-state index < -0.39 is 11.7 Å². The number of nitrogen functional groups attached to an aromatic ring is 1. The summed E-state index contributed by atoms with van der Waals surface area (Å²) in [7, 11) is 0. The van der Waals surface area contributed by atoms with E-state index in [-0.39, 0.29) is 23.7 Å². The molecule has 7 heteroatoms. The molecule has 1 heterocycles. The zero-order valence-electron chi connectivity index (χ0n) is 8.62. The molecule has 0 bridgehead atoms. The van der Waals surface area contributed by atoms with Crippen molar-refractivity contribution in [3.63, 3.8) is 0 Å². The van der Waals surface area contributed by atoms with Crippen molar-refractivity contribution < 1.29 is 13.2 Å². The zero-order chi connectivity index (χ0) is 12.6. The number of anilines is 1. The quantitative estimate of drug-likeness (QED) is 0.797. The summed E-state index contributed by atoms with van der Waals surface area (Å²) >= 11 is 0. The maximum atomic E-state index is 12.5. The van der Waals surface area contributed by atoms with E-state index in [1.54, 1.807) is 0 Å². The van der Waals surface area contributed by atoms with Gasteiger partial charge in [-0.2, -0.15) is 13.2 Å². The van der Waals surface area contributed by atoms with E-state index in [4.69, 9.17) is 11.5 Å². The van der Waals surface area contributed by atoms with Gasteiger partial charge in [-0.05, 0) is 18.2 Å². The maximum absolute atomic E-state index is 12.5. The van der Waals surface area contributed by atoms with Crippen LogP contribution in [0.25, 0.3) is 10.9 Å². The van der Waals surface area contributed by atoms with Gasteiger partial charge in [-0.25, -0.2) is 9.97 Å². The van der Waals surface area contributed by atoms with Gasteiger partial charge in [0.2, 0.25) is 0 Å². The summed E-state index contributed by atoms with van der Waals surface area (Å²) in [6.07, 6.45) is -4.41. The highest BCUT2D eigenvalue weighted by molar-refractivity contribution is 5.88. The molecule has 0 fully saturated rings. The monoisotopic (exact) mass is 242 g/mol. The minimum Gasteiger partial charge on any atom is -0.383 e. The van der Waals surface area contributed by atoms with Gasteiger partial charge in [-0.1, -0.05) is 0 Å². The first-order valence-electron chi connectivity index (χ1n) is 4.75. The SMILES string of the molecule is NCc1nc(N)c2ccc(C(F)(F)F)cc2n1. The van der Waals surface area contributed by atoms with Gasteiger partial charge in [0.05, 0.1) is 17.6 Å². The van der Waals surface area contributed by atoms with E-state index in [2.05, 4.69) is 9.97 Å². The fraction of sp³-hybridized carbons (Fsp3) is 0.200.